The number of hydrogen-bond donors (Lipinski definition) is 1. The van der Waals surface area contributed by atoms with Gasteiger partial charge in [0, 0.05) is 0 Å². The zero-order valence-electron chi connectivity index (χ0n) is 9.51. The lowest BCUT2D eigenvalue weighted by Gasteiger charge is -2.02. The van der Waals surface area contributed by atoms with E-state index in [0.717, 1.165) is 6.07 Å². The largest absolute Gasteiger partial charge is 0.478 e. The van der Waals surface area contributed by atoms with Crippen molar-refractivity contribution >= 4 is 27.9 Å². The summed E-state index contributed by atoms with van der Waals surface area (Å²) < 4.78 is 18.6. The molecule has 5 heteroatoms. The SMILES string of the molecule is O=C(O)c1ccc2c(=O)c3cc(F)ccc3oc2c1. The highest BCUT2D eigenvalue weighted by Crippen LogP contribution is 2.20. The van der Waals surface area contributed by atoms with Gasteiger partial charge in [0.2, 0.25) is 5.43 Å². The fraction of sp³-hybridized carbons (Fsp3) is 0. The Kier molecular flexibility index (Phi) is 2.35. The number of benzene rings is 2. The van der Waals surface area contributed by atoms with Gasteiger partial charge in [-0.3, -0.25) is 4.79 Å². The van der Waals surface area contributed by atoms with Crippen LogP contribution in [0.3, 0.4) is 0 Å². The summed E-state index contributed by atoms with van der Waals surface area (Å²) in [7, 11) is 0. The Labute approximate surface area is 105 Å². The third-order valence-corrected chi connectivity index (χ3v) is 2.88. The van der Waals surface area contributed by atoms with Crippen LogP contribution < -0.4 is 5.43 Å². The molecule has 0 aliphatic carbocycles. The number of carbonyl (C=O) groups is 1. The first-order valence-electron chi connectivity index (χ1n) is 5.46. The van der Waals surface area contributed by atoms with Crippen molar-refractivity contribution in [2.75, 3.05) is 0 Å². The van der Waals surface area contributed by atoms with E-state index in [1.807, 2.05) is 0 Å². The monoisotopic (exact) mass is 258 g/mol. The number of hydrogen-bond acceptors (Lipinski definition) is 3. The summed E-state index contributed by atoms with van der Waals surface area (Å²) in [5, 5.41) is 9.25. The van der Waals surface area contributed by atoms with E-state index >= 15 is 0 Å². The quantitative estimate of drug-likeness (QED) is 0.681. The van der Waals surface area contributed by atoms with Crippen LogP contribution in [0.1, 0.15) is 10.4 Å². The smallest absolute Gasteiger partial charge is 0.335 e. The van der Waals surface area contributed by atoms with Gasteiger partial charge in [-0.15, -0.1) is 0 Å². The van der Waals surface area contributed by atoms with Crippen molar-refractivity contribution in [2.45, 2.75) is 0 Å². The van der Waals surface area contributed by atoms with Gasteiger partial charge < -0.3 is 9.52 Å². The number of rotatable bonds is 1. The van der Waals surface area contributed by atoms with Crippen molar-refractivity contribution in [1.82, 2.24) is 0 Å². The minimum absolute atomic E-state index is 0.0251. The van der Waals surface area contributed by atoms with Crippen LogP contribution in [0.4, 0.5) is 4.39 Å². The lowest BCUT2D eigenvalue weighted by atomic mass is 10.1. The summed E-state index contributed by atoms with van der Waals surface area (Å²) in [5.74, 6) is -1.63. The first kappa shape index (κ1) is 11.4. The maximum Gasteiger partial charge on any atom is 0.335 e. The van der Waals surface area contributed by atoms with E-state index in [2.05, 4.69) is 0 Å². The molecule has 3 aromatic rings. The number of carboxylic acids is 1. The Balaban J connectivity index is 2.46. The minimum Gasteiger partial charge on any atom is -0.478 e. The minimum atomic E-state index is -1.11. The number of fused-ring (bicyclic) bond motifs is 2. The average molecular weight is 258 g/mol. The molecule has 0 atom stereocenters. The van der Waals surface area contributed by atoms with Crippen molar-refractivity contribution < 1.29 is 18.7 Å². The van der Waals surface area contributed by atoms with Crippen molar-refractivity contribution in [3.63, 3.8) is 0 Å². The van der Waals surface area contributed by atoms with Crippen molar-refractivity contribution in [1.29, 1.82) is 0 Å². The summed E-state index contributed by atoms with van der Waals surface area (Å²) in [5.41, 5.74) is 0.0373. The highest BCUT2D eigenvalue weighted by atomic mass is 19.1. The highest BCUT2D eigenvalue weighted by molar-refractivity contribution is 5.95. The van der Waals surface area contributed by atoms with Crippen molar-refractivity contribution in [2.24, 2.45) is 0 Å². The second kappa shape index (κ2) is 3.91. The van der Waals surface area contributed by atoms with Crippen molar-refractivity contribution in [3.8, 4) is 0 Å². The van der Waals surface area contributed by atoms with Crippen LogP contribution in [0.25, 0.3) is 21.9 Å². The van der Waals surface area contributed by atoms with E-state index in [1.165, 1.54) is 30.3 Å². The molecule has 2 aromatic carbocycles. The molecule has 1 aromatic heterocycles. The maximum atomic E-state index is 13.1. The first-order chi connectivity index (χ1) is 9.06. The van der Waals surface area contributed by atoms with Gasteiger partial charge in [-0.25, -0.2) is 9.18 Å². The van der Waals surface area contributed by atoms with E-state index in [9.17, 15) is 14.0 Å². The normalized spacial score (nSPS) is 11.0. The molecule has 0 amide bonds. The van der Waals surface area contributed by atoms with Crippen LogP contribution >= 0.6 is 0 Å². The van der Waals surface area contributed by atoms with Gasteiger partial charge in [-0.05, 0) is 36.4 Å². The molecule has 1 N–H and O–H groups in total. The molecular weight excluding hydrogens is 251 g/mol. The van der Waals surface area contributed by atoms with Gasteiger partial charge in [0.05, 0.1) is 16.3 Å². The molecule has 1 heterocycles. The predicted octanol–water partition coefficient (Wildman–Crippen LogP) is 2.78. The zero-order valence-corrected chi connectivity index (χ0v) is 9.51. The third kappa shape index (κ3) is 1.76. The number of carboxylic acid groups (broad SMARTS) is 1. The van der Waals surface area contributed by atoms with Gasteiger partial charge in [0.25, 0.3) is 0 Å². The average Bonchev–Trinajstić information content (AvgIpc) is 2.39. The molecule has 94 valence electrons. The molecule has 0 saturated carbocycles. The van der Waals surface area contributed by atoms with E-state index in [4.69, 9.17) is 9.52 Å². The molecule has 0 bridgehead atoms. The Morgan fingerprint density at radius 1 is 1.05 bits per heavy atom. The van der Waals surface area contributed by atoms with E-state index in [1.54, 1.807) is 0 Å². The van der Waals surface area contributed by atoms with Crippen LogP contribution in [0, 0.1) is 5.82 Å². The molecule has 0 saturated heterocycles. The Morgan fingerprint density at radius 3 is 2.58 bits per heavy atom. The van der Waals surface area contributed by atoms with Crippen LogP contribution in [0.5, 0.6) is 0 Å². The topological polar surface area (TPSA) is 67.5 Å². The molecule has 4 nitrogen and oxygen atoms in total. The number of aromatic carboxylic acids is 1. The number of halogens is 1. The maximum absolute atomic E-state index is 13.1. The molecular formula is C14H7FO4. The molecule has 0 aliphatic rings. The Bertz CT molecular complexity index is 880. The van der Waals surface area contributed by atoms with Crippen molar-refractivity contribution in [3.05, 3.63) is 58.0 Å². The van der Waals surface area contributed by atoms with Crippen LogP contribution in [-0.2, 0) is 0 Å². The van der Waals surface area contributed by atoms with Gasteiger partial charge in [0.15, 0.2) is 0 Å². The van der Waals surface area contributed by atoms with Gasteiger partial charge in [-0.2, -0.15) is 0 Å². The van der Waals surface area contributed by atoms with E-state index in [-0.39, 0.29) is 32.9 Å². The van der Waals surface area contributed by atoms with E-state index < -0.39 is 11.8 Å². The molecule has 0 spiro atoms. The molecule has 19 heavy (non-hydrogen) atoms. The Morgan fingerprint density at radius 2 is 1.84 bits per heavy atom. The Hall–Kier alpha value is -2.69. The molecule has 0 radical (unpaired) electrons. The fourth-order valence-electron chi connectivity index (χ4n) is 1.96. The summed E-state index contributed by atoms with van der Waals surface area (Å²) in [6, 6.07) is 7.59. The lowest BCUT2D eigenvalue weighted by molar-refractivity contribution is 0.0697. The summed E-state index contributed by atoms with van der Waals surface area (Å²) >= 11 is 0. The predicted molar refractivity (Wildman–Crippen MR) is 66.9 cm³/mol. The molecule has 0 fully saturated rings. The van der Waals surface area contributed by atoms with E-state index in [0.29, 0.717) is 0 Å². The van der Waals surface area contributed by atoms with Crippen LogP contribution in [-0.4, -0.2) is 11.1 Å². The second-order valence-electron chi connectivity index (χ2n) is 4.09. The van der Waals surface area contributed by atoms with Gasteiger partial charge in [-0.1, -0.05) is 0 Å². The summed E-state index contributed by atoms with van der Waals surface area (Å²) in [6.07, 6.45) is 0. The molecule has 0 aliphatic heterocycles. The summed E-state index contributed by atoms with van der Waals surface area (Å²) in [6.45, 7) is 0. The molecule has 0 unspecified atom stereocenters. The van der Waals surface area contributed by atoms with Gasteiger partial charge in [0.1, 0.15) is 17.0 Å². The van der Waals surface area contributed by atoms with Crippen LogP contribution in [0.2, 0.25) is 0 Å². The highest BCUT2D eigenvalue weighted by Gasteiger charge is 2.11. The lowest BCUT2D eigenvalue weighted by Crippen LogP contribution is -2.04. The first-order valence-corrected chi connectivity index (χ1v) is 5.46. The summed E-state index contributed by atoms with van der Waals surface area (Å²) in [4.78, 5) is 23.0. The van der Waals surface area contributed by atoms with Crippen LogP contribution in [0.15, 0.2) is 45.6 Å². The fourth-order valence-corrected chi connectivity index (χ4v) is 1.96. The second-order valence-corrected chi connectivity index (χ2v) is 4.09. The standard InChI is InChI=1S/C14H7FO4/c15-8-2-4-11-10(6-8)13(16)9-3-1-7(14(17)18)5-12(9)19-11/h1-6H,(H,17,18). The third-order valence-electron chi connectivity index (χ3n) is 2.88. The molecule has 3 rings (SSSR count). The zero-order chi connectivity index (χ0) is 13.6. The van der Waals surface area contributed by atoms with Gasteiger partial charge >= 0.3 is 5.97 Å².